The van der Waals surface area contributed by atoms with Crippen molar-refractivity contribution >= 4 is 35.6 Å². The Bertz CT molecular complexity index is 1600. The van der Waals surface area contributed by atoms with Crippen LogP contribution in [0.4, 0.5) is 0 Å². The van der Waals surface area contributed by atoms with Crippen molar-refractivity contribution in [3.8, 4) is 5.75 Å². The second-order valence-electron chi connectivity index (χ2n) is 11.5. The van der Waals surface area contributed by atoms with Crippen molar-refractivity contribution < 1.29 is 34.2 Å². The van der Waals surface area contributed by atoms with Gasteiger partial charge in [0.05, 0.1) is 6.54 Å². The molecule has 3 aromatic rings. The minimum Gasteiger partial charge on any atom is -0.508 e. The molecule has 0 aliphatic heterocycles. The number of carbonyl (C=O) groups is 5. The maximum atomic E-state index is 13.9. The summed E-state index contributed by atoms with van der Waals surface area (Å²) in [6.45, 7) is -0.246. The van der Waals surface area contributed by atoms with Gasteiger partial charge in [0.15, 0.2) is 5.96 Å². The Labute approximate surface area is 289 Å². The number of guanidine groups is 1. The molecule has 0 heterocycles. The molecular formula is C35H44N8O7. The molecule has 3 aromatic carbocycles. The van der Waals surface area contributed by atoms with E-state index >= 15 is 0 Å². The number of benzene rings is 3. The fourth-order valence-electron chi connectivity index (χ4n) is 5.03. The van der Waals surface area contributed by atoms with E-state index in [1.165, 1.54) is 12.1 Å². The highest BCUT2D eigenvalue weighted by Crippen LogP contribution is 2.13. The number of nitrogens with zero attached hydrogens (tertiary/aromatic N) is 1. The number of rotatable bonds is 19. The number of nitrogens with two attached hydrogens (primary N) is 3. The standard InChI is InChI=1S/C35H44N8O7/c36-21-30(45)40-27(19-24-13-15-25(44)16-14-24)32(47)42-28(18-22-8-3-1-4-9-22)33(48)41-26(12-7-17-39-35(37)38)31(46)43-29(34(49)50)20-23-10-5-2-6-11-23/h1-6,8-11,13-16,26-29,44H,7,12,17-21,36H2,(H,40,45)(H,41,48)(H,42,47)(H,43,46)(H,49,50)(H4,37,38,39). The molecule has 3 rings (SSSR count). The van der Waals surface area contributed by atoms with Gasteiger partial charge in [0.2, 0.25) is 23.6 Å². The van der Waals surface area contributed by atoms with Gasteiger partial charge < -0.3 is 48.7 Å². The van der Waals surface area contributed by atoms with E-state index < -0.39 is 53.8 Å². The van der Waals surface area contributed by atoms with Crippen LogP contribution in [0, 0.1) is 0 Å². The maximum absolute atomic E-state index is 13.9. The highest BCUT2D eigenvalue weighted by molar-refractivity contribution is 5.95. The van der Waals surface area contributed by atoms with Gasteiger partial charge >= 0.3 is 5.97 Å². The molecule has 0 radical (unpaired) electrons. The number of carboxylic acids is 1. The smallest absolute Gasteiger partial charge is 0.326 e. The molecule has 4 amide bonds. The summed E-state index contributed by atoms with van der Waals surface area (Å²) in [5, 5.41) is 30.0. The van der Waals surface area contributed by atoms with Crippen molar-refractivity contribution in [3.05, 3.63) is 102 Å². The number of carbonyl (C=O) groups excluding carboxylic acids is 4. The number of aliphatic carboxylic acids is 1. The van der Waals surface area contributed by atoms with E-state index in [4.69, 9.17) is 17.2 Å². The number of carboxylic acid groups (broad SMARTS) is 1. The third-order valence-corrected chi connectivity index (χ3v) is 7.60. The lowest BCUT2D eigenvalue weighted by atomic mass is 10.0. The molecule has 0 aliphatic carbocycles. The molecule has 50 heavy (non-hydrogen) atoms. The zero-order valence-corrected chi connectivity index (χ0v) is 27.5. The maximum Gasteiger partial charge on any atom is 0.326 e. The molecular weight excluding hydrogens is 644 g/mol. The van der Waals surface area contributed by atoms with E-state index in [-0.39, 0.29) is 56.9 Å². The molecule has 4 atom stereocenters. The molecule has 15 nitrogen and oxygen atoms in total. The monoisotopic (exact) mass is 688 g/mol. The fourth-order valence-corrected chi connectivity index (χ4v) is 5.03. The first kappa shape index (κ1) is 38.5. The van der Waals surface area contributed by atoms with Gasteiger partial charge in [-0.15, -0.1) is 0 Å². The molecule has 0 fully saturated rings. The predicted octanol–water partition coefficient (Wildman–Crippen LogP) is -0.544. The van der Waals surface area contributed by atoms with E-state index in [0.717, 1.165) is 0 Å². The minimum atomic E-state index is -1.30. The number of hydrogen-bond donors (Lipinski definition) is 9. The van der Waals surface area contributed by atoms with Gasteiger partial charge in [-0.25, -0.2) is 4.79 Å². The predicted molar refractivity (Wildman–Crippen MR) is 186 cm³/mol. The van der Waals surface area contributed by atoms with E-state index in [2.05, 4.69) is 26.3 Å². The van der Waals surface area contributed by atoms with Crippen LogP contribution in [0.25, 0.3) is 0 Å². The number of hydrogen-bond acceptors (Lipinski definition) is 8. The molecule has 15 heteroatoms. The molecule has 12 N–H and O–H groups in total. The van der Waals surface area contributed by atoms with E-state index in [1.807, 2.05) is 0 Å². The van der Waals surface area contributed by atoms with Crippen LogP contribution in [0.1, 0.15) is 29.5 Å². The average molecular weight is 689 g/mol. The van der Waals surface area contributed by atoms with Crippen molar-refractivity contribution in [2.75, 3.05) is 13.1 Å². The van der Waals surface area contributed by atoms with Crippen molar-refractivity contribution in [1.82, 2.24) is 21.3 Å². The molecule has 0 aromatic heterocycles. The normalized spacial score (nSPS) is 13.1. The van der Waals surface area contributed by atoms with Gasteiger partial charge in [-0.05, 0) is 41.7 Å². The van der Waals surface area contributed by atoms with Crippen LogP contribution in [0.3, 0.4) is 0 Å². The summed E-state index contributed by atoms with van der Waals surface area (Å²) in [5.41, 5.74) is 18.3. The lowest BCUT2D eigenvalue weighted by Gasteiger charge is -2.26. The zero-order valence-electron chi connectivity index (χ0n) is 27.5. The summed E-state index contributed by atoms with van der Waals surface area (Å²) in [4.78, 5) is 69.5. The summed E-state index contributed by atoms with van der Waals surface area (Å²) in [5.74, 6) is -4.18. The molecule has 0 aliphatic rings. The molecule has 266 valence electrons. The van der Waals surface area contributed by atoms with Crippen LogP contribution in [-0.4, -0.2) is 83.0 Å². The number of aliphatic imine (C=N–C) groups is 1. The van der Waals surface area contributed by atoms with E-state index in [0.29, 0.717) is 16.7 Å². The Morgan fingerprint density at radius 3 is 1.56 bits per heavy atom. The van der Waals surface area contributed by atoms with Crippen LogP contribution in [0.5, 0.6) is 5.75 Å². The van der Waals surface area contributed by atoms with Crippen LogP contribution in [0.2, 0.25) is 0 Å². The quantitative estimate of drug-likeness (QED) is 0.0441. The average Bonchev–Trinajstić information content (AvgIpc) is 3.10. The van der Waals surface area contributed by atoms with Crippen LogP contribution < -0.4 is 38.5 Å². The number of nitrogens with one attached hydrogen (secondary N) is 4. The summed E-state index contributed by atoms with van der Waals surface area (Å²) >= 11 is 0. The van der Waals surface area contributed by atoms with Crippen molar-refractivity contribution in [2.24, 2.45) is 22.2 Å². The SMILES string of the molecule is NCC(=O)NC(Cc1ccc(O)cc1)C(=O)NC(Cc1ccccc1)C(=O)NC(CCCN=C(N)N)C(=O)NC(Cc1ccccc1)C(=O)O. The lowest BCUT2D eigenvalue weighted by Crippen LogP contribution is -2.59. The van der Waals surface area contributed by atoms with Gasteiger partial charge in [0.25, 0.3) is 0 Å². The largest absolute Gasteiger partial charge is 0.508 e. The summed E-state index contributed by atoms with van der Waals surface area (Å²) < 4.78 is 0. The molecule has 0 bridgehead atoms. The number of phenols is 1. The van der Waals surface area contributed by atoms with Crippen molar-refractivity contribution in [2.45, 2.75) is 56.3 Å². The topological polar surface area (TPSA) is 264 Å². The Balaban J connectivity index is 1.86. The van der Waals surface area contributed by atoms with Gasteiger partial charge in [-0.1, -0.05) is 72.8 Å². The zero-order chi connectivity index (χ0) is 36.5. The first-order chi connectivity index (χ1) is 23.9. The second-order valence-corrected chi connectivity index (χ2v) is 11.5. The van der Waals surface area contributed by atoms with Gasteiger partial charge in [-0.3, -0.25) is 24.2 Å². The van der Waals surface area contributed by atoms with Gasteiger partial charge in [0.1, 0.15) is 29.9 Å². The Hall–Kier alpha value is -5.96. The highest BCUT2D eigenvalue weighted by atomic mass is 16.4. The van der Waals surface area contributed by atoms with Gasteiger partial charge in [-0.2, -0.15) is 0 Å². The first-order valence-corrected chi connectivity index (χ1v) is 16.0. The third kappa shape index (κ3) is 13.3. The Morgan fingerprint density at radius 2 is 1.06 bits per heavy atom. The molecule has 0 saturated carbocycles. The minimum absolute atomic E-state index is 0.000208. The Kier molecular flexibility index (Phi) is 15.2. The van der Waals surface area contributed by atoms with Crippen molar-refractivity contribution in [1.29, 1.82) is 0 Å². The molecule has 4 unspecified atom stereocenters. The fraction of sp³-hybridized carbons (Fsp3) is 0.314. The second kappa shape index (κ2) is 19.8. The van der Waals surface area contributed by atoms with Gasteiger partial charge in [0, 0.05) is 25.8 Å². The van der Waals surface area contributed by atoms with E-state index in [1.54, 1.807) is 72.8 Å². The summed E-state index contributed by atoms with van der Waals surface area (Å²) in [7, 11) is 0. The lowest BCUT2D eigenvalue weighted by molar-refractivity contribution is -0.142. The number of phenolic OH excluding ortho intramolecular Hbond substituents is 1. The van der Waals surface area contributed by atoms with Crippen molar-refractivity contribution in [3.63, 3.8) is 0 Å². The highest BCUT2D eigenvalue weighted by Gasteiger charge is 2.31. The molecule has 0 spiro atoms. The van der Waals surface area contributed by atoms with Crippen LogP contribution >= 0.6 is 0 Å². The number of amides is 4. The van der Waals surface area contributed by atoms with Crippen LogP contribution in [0.15, 0.2) is 89.9 Å². The van der Waals surface area contributed by atoms with Crippen LogP contribution in [-0.2, 0) is 43.2 Å². The molecule has 0 saturated heterocycles. The summed E-state index contributed by atoms with van der Waals surface area (Å²) in [6.07, 6.45) is 0.325. The first-order valence-electron chi connectivity index (χ1n) is 16.0. The summed E-state index contributed by atoms with van der Waals surface area (Å²) in [6, 6.07) is 18.8. The third-order valence-electron chi connectivity index (χ3n) is 7.60. The number of aromatic hydroxyl groups is 1. The Morgan fingerprint density at radius 1 is 0.620 bits per heavy atom. The van der Waals surface area contributed by atoms with E-state index in [9.17, 15) is 34.2 Å².